The summed E-state index contributed by atoms with van der Waals surface area (Å²) in [5, 5.41) is 3.69. The van der Waals surface area contributed by atoms with E-state index in [1.165, 1.54) is 71.1 Å². The molecule has 2 aliphatic rings. The molecule has 3 atom stereocenters. The molecule has 2 heteroatoms. The maximum absolute atomic E-state index is 3.69. The van der Waals surface area contributed by atoms with Crippen LogP contribution in [0.4, 0.5) is 0 Å². The Hall–Kier alpha value is -0.0800. The largest absolute Gasteiger partial charge is 0.314 e. The van der Waals surface area contributed by atoms with Gasteiger partial charge in [-0.1, -0.05) is 53.4 Å². The van der Waals surface area contributed by atoms with Crippen LogP contribution in [-0.2, 0) is 0 Å². The second-order valence-corrected chi connectivity index (χ2v) is 8.42. The van der Waals surface area contributed by atoms with Gasteiger partial charge in [0.2, 0.25) is 0 Å². The van der Waals surface area contributed by atoms with Crippen LogP contribution in [0.3, 0.4) is 0 Å². The van der Waals surface area contributed by atoms with E-state index in [-0.39, 0.29) is 0 Å². The highest BCUT2D eigenvalue weighted by molar-refractivity contribution is 4.88. The predicted octanol–water partition coefficient (Wildman–Crippen LogP) is 4.30. The Labute approximate surface area is 133 Å². The maximum Gasteiger partial charge on any atom is 0.00476 e. The lowest BCUT2D eigenvalue weighted by Gasteiger charge is -2.44. The van der Waals surface area contributed by atoms with E-state index in [1.54, 1.807) is 0 Å². The molecule has 0 bridgehead atoms. The van der Waals surface area contributed by atoms with Crippen LogP contribution in [0.5, 0.6) is 0 Å². The fourth-order valence-electron chi connectivity index (χ4n) is 4.64. The van der Waals surface area contributed by atoms with Gasteiger partial charge in [-0.05, 0) is 43.1 Å². The second-order valence-electron chi connectivity index (χ2n) is 8.42. The molecule has 0 amide bonds. The molecule has 0 aromatic carbocycles. The van der Waals surface area contributed by atoms with Crippen molar-refractivity contribution < 1.29 is 0 Å². The van der Waals surface area contributed by atoms with Crippen LogP contribution in [0, 0.1) is 17.3 Å². The summed E-state index contributed by atoms with van der Waals surface area (Å²) in [6.45, 7) is 14.6. The van der Waals surface area contributed by atoms with Gasteiger partial charge in [0.15, 0.2) is 0 Å². The van der Waals surface area contributed by atoms with E-state index < -0.39 is 0 Å². The van der Waals surface area contributed by atoms with Crippen molar-refractivity contribution in [1.82, 2.24) is 10.2 Å². The Balaban J connectivity index is 1.87. The molecule has 1 N–H and O–H groups in total. The van der Waals surface area contributed by atoms with Gasteiger partial charge in [0.05, 0.1) is 0 Å². The number of hydrogen-bond donors (Lipinski definition) is 1. The summed E-state index contributed by atoms with van der Waals surface area (Å²) in [5.41, 5.74) is 0.445. The van der Waals surface area contributed by atoms with E-state index in [9.17, 15) is 0 Å². The Kier molecular flexibility index (Phi) is 6.55. The number of fused-ring (bicyclic) bond motifs is 1. The quantitative estimate of drug-likeness (QED) is 0.753. The van der Waals surface area contributed by atoms with Gasteiger partial charge in [-0.2, -0.15) is 0 Å². The first-order valence-electron chi connectivity index (χ1n) is 9.48. The molecular weight excluding hydrogens is 256 g/mol. The summed E-state index contributed by atoms with van der Waals surface area (Å²) in [6, 6.07) is 0.602. The third-order valence-electron chi connectivity index (χ3n) is 5.77. The van der Waals surface area contributed by atoms with Gasteiger partial charge in [0.25, 0.3) is 0 Å². The highest BCUT2D eigenvalue weighted by atomic mass is 15.1. The minimum atomic E-state index is 0.445. The molecule has 0 spiro atoms. The first kappa shape index (κ1) is 17.3. The fourth-order valence-corrected chi connectivity index (χ4v) is 4.64. The molecule has 21 heavy (non-hydrogen) atoms. The number of hydrogen-bond acceptors (Lipinski definition) is 2. The number of nitrogens with one attached hydrogen (secondary N) is 1. The molecule has 124 valence electrons. The van der Waals surface area contributed by atoms with E-state index in [2.05, 4.69) is 37.9 Å². The SMILES string of the molecule is CCCC(C)(CNC(C)C)CN1CCC2CCCCC2C1. The van der Waals surface area contributed by atoms with Gasteiger partial charge < -0.3 is 10.2 Å². The van der Waals surface area contributed by atoms with Crippen LogP contribution in [-0.4, -0.2) is 37.1 Å². The topological polar surface area (TPSA) is 15.3 Å². The molecule has 1 saturated heterocycles. The van der Waals surface area contributed by atoms with Gasteiger partial charge in [-0.3, -0.25) is 0 Å². The first-order valence-corrected chi connectivity index (χ1v) is 9.48. The average molecular weight is 295 g/mol. The van der Waals surface area contributed by atoms with Crippen LogP contribution in [0.1, 0.15) is 72.6 Å². The van der Waals surface area contributed by atoms with E-state index in [0.717, 1.165) is 11.8 Å². The molecule has 0 aromatic heterocycles. The minimum Gasteiger partial charge on any atom is -0.314 e. The summed E-state index contributed by atoms with van der Waals surface area (Å²) >= 11 is 0. The zero-order valence-electron chi connectivity index (χ0n) is 15.0. The van der Waals surface area contributed by atoms with Gasteiger partial charge in [-0.25, -0.2) is 0 Å². The van der Waals surface area contributed by atoms with Crippen molar-refractivity contribution in [3.05, 3.63) is 0 Å². The van der Waals surface area contributed by atoms with Crippen molar-refractivity contribution in [2.75, 3.05) is 26.2 Å². The van der Waals surface area contributed by atoms with Crippen LogP contribution in [0.15, 0.2) is 0 Å². The number of likely N-dealkylation sites (tertiary alicyclic amines) is 1. The first-order chi connectivity index (χ1) is 10.0. The van der Waals surface area contributed by atoms with E-state index in [1.807, 2.05) is 0 Å². The van der Waals surface area contributed by atoms with Crippen molar-refractivity contribution in [3.8, 4) is 0 Å². The molecule has 1 saturated carbocycles. The third kappa shape index (κ3) is 5.25. The maximum atomic E-state index is 3.69. The van der Waals surface area contributed by atoms with Crippen LogP contribution >= 0.6 is 0 Å². The standard InChI is InChI=1S/C19H38N2/c1-5-11-19(4,14-20-16(2)3)15-21-12-10-17-8-6-7-9-18(17)13-21/h16-18,20H,5-15H2,1-4H3. The highest BCUT2D eigenvalue weighted by Gasteiger charge is 2.34. The van der Waals surface area contributed by atoms with Crippen molar-refractivity contribution in [3.63, 3.8) is 0 Å². The van der Waals surface area contributed by atoms with Crippen LogP contribution < -0.4 is 5.32 Å². The average Bonchev–Trinajstić information content (AvgIpc) is 2.45. The Morgan fingerprint density at radius 1 is 1.14 bits per heavy atom. The summed E-state index contributed by atoms with van der Waals surface area (Å²) in [4.78, 5) is 2.80. The van der Waals surface area contributed by atoms with Gasteiger partial charge >= 0.3 is 0 Å². The summed E-state index contributed by atoms with van der Waals surface area (Å²) in [6.07, 6.45) is 10.1. The summed E-state index contributed by atoms with van der Waals surface area (Å²) in [5.74, 6) is 2.07. The predicted molar refractivity (Wildman–Crippen MR) is 92.7 cm³/mol. The minimum absolute atomic E-state index is 0.445. The van der Waals surface area contributed by atoms with Crippen molar-refractivity contribution >= 4 is 0 Å². The number of nitrogens with zero attached hydrogens (tertiary/aromatic N) is 1. The van der Waals surface area contributed by atoms with Crippen molar-refractivity contribution in [2.24, 2.45) is 17.3 Å². The molecule has 1 aliphatic heterocycles. The van der Waals surface area contributed by atoms with Crippen LogP contribution in [0.2, 0.25) is 0 Å². The van der Waals surface area contributed by atoms with Gasteiger partial charge in [-0.15, -0.1) is 0 Å². The van der Waals surface area contributed by atoms with E-state index >= 15 is 0 Å². The van der Waals surface area contributed by atoms with Crippen molar-refractivity contribution in [2.45, 2.75) is 78.7 Å². The molecule has 1 aliphatic carbocycles. The summed E-state index contributed by atoms with van der Waals surface area (Å²) < 4.78 is 0. The molecule has 2 rings (SSSR count). The molecule has 1 heterocycles. The number of rotatable bonds is 7. The van der Waals surface area contributed by atoms with Crippen LogP contribution in [0.25, 0.3) is 0 Å². The lowest BCUT2D eigenvalue weighted by atomic mass is 9.74. The Morgan fingerprint density at radius 2 is 1.86 bits per heavy atom. The lowest BCUT2D eigenvalue weighted by molar-refractivity contribution is 0.0524. The smallest absolute Gasteiger partial charge is 0.00476 e. The molecule has 3 unspecified atom stereocenters. The lowest BCUT2D eigenvalue weighted by Crippen LogP contribution is -2.49. The van der Waals surface area contributed by atoms with E-state index in [0.29, 0.717) is 11.5 Å². The molecule has 0 radical (unpaired) electrons. The van der Waals surface area contributed by atoms with Gasteiger partial charge in [0, 0.05) is 25.7 Å². The monoisotopic (exact) mass is 294 g/mol. The highest BCUT2D eigenvalue weighted by Crippen LogP contribution is 2.37. The molecule has 2 fully saturated rings. The molecular formula is C19H38N2. The second kappa shape index (κ2) is 7.97. The summed E-state index contributed by atoms with van der Waals surface area (Å²) in [7, 11) is 0. The normalized spacial score (nSPS) is 30.1. The fraction of sp³-hybridized carbons (Fsp3) is 1.00. The third-order valence-corrected chi connectivity index (χ3v) is 5.77. The Morgan fingerprint density at radius 3 is 2.52 bits per heavy atom. The Bertz CT molecular complexity index is 302. The zero-order valence-corrected chi connectivity index (χ0v) is 15.0. The van der Waals surface area contributed by atoms with Gasteiger partial charge in [0.1, 0.15) is 0 Å². The van der Waals surface area contributed by atoms with Crippen molar-refractivity contribution in [1.29, 1.82) is 0 Å². The number of piperidine rings is 1. The zero-order chi connectivity index (χ0) is 15.3. The van der Waals surface area contributed by atoms with E-state index in [4.69, 9.17) is 0 Å². The molecule has 0 aromatic rings. The molecule has 2 nitrogen and oxygen atoms in total.